The summed E-state index contributed by atoms with van der Waals surface area (Å²) in [6, 6.07) is 8.33. The molecule has 2 N–H and O–H groups in total. The van der Waals surface area contributed by atoms with Gasteiger partial charge in [0.25, 0.3) is 0 Å². The van der Waals surface area contributed by atoms with Crippen molar-refractivity contribution in [2.24, 2.45) is 11.3 Å². The second kappa shape index (κ2) is 6.80. The molecule has 1 saturated carbocycles. The van der Waals surface area contributed by atoms with Crippen LogP contribution in [0.3, 0.4) is 0 Å². The van der Waals surface area contributed by atoms with E-state index in [0.29, 0.717) is 31.2 Å². The van der Waals surface area contributed by atoms with Crippen molar-refractivity contribution < 1.29 is 14.6 Å². The molecule has 128 valence electrons. The molecule has 4 atom stereocenters. The fraction of sp³-hybridized carbons (Fsp3) is 0.684. The highest BCUT2D eigenvalue weighted by molar-refractivity contribution is 5.27. The van der Waals surface area contributed by atoms with Gasteiger partial charge < -0.3 is 19.9 Å². The van der Waals surface area contributed by atoms with Crippen molar-refractivity contribution in [3.8, 4) is 5.75 Å². The fourth-order valence-electron chi connectivity index (χ4n) is 4.16. The maximum Gasteiger partial charge on any atom is 0.119 e. The summed E-state index contributed by atoms with van der Waals surface area (Å²) in [7, 11) is 0. The Labute approximate surface area is 139 Å². The van der Waals surface area contributed by atoms with Gasteiger partial charge in [0.1, 0.15) is 18.5 Å². The third-order valence-electron chi connectivity index (χ3n) is 5.34. The van der Waals surface area contributed by atoms with Crippen LogP contribution in [-0.4, -0.2) is 43.1 Å². The van der Waals surface area contributed by atoms with Crippen molar-refractivity contribution in [2.45, 2.75) is 51.9 Å². The summed E-state index contributed by atoms with van der Waals surface area (Å²) in [5.41, 5.74) is 1.30. The largest absolute Gasteiger partial charge is 0.491 e. The van der Waals surface area contributed by atoms with Crippen LogP contribution < -0.4 is 10.1 Å². The summed E-state index contributed by atoms with van der Waals surface area (Å²) < 4.78 is 11.6. The number of fused-ring (bicyclic) bond motifs is 1. The minimum atomic E-state index is -0.505. The molecule has 1 saturated heterocycles. The van der Waals surface area contributed by atoms with Gasteiger partial charge in [-0.25, -0.2) is 0 Å². The number of aliphatic hydroxyl groups is 1. The molecule has 1 aliphatic heterocycles. The highest BCUT2D eigenvalue weighted by atomic mass is 16.5. The van der Waals surface area contributed by atoms with E-state index in [2.05, 4.69) is 19.2 Å². The van der Waals surface area contributed by atoms with Gasteiger partial charge in [-0.05, 0) is 37.5 Å². The van der Waals surface area contributed by atoms with Gasteiger partial charge in [0.05, 0.1) is 6.10 Å². The highest BCUT2D eigenvalue weighted by Crippen LogP contribution is 2.51. The Hall–Kier alpha value is -1.10. The van der Waals surface area contributed by atoms with Gasteiger partial charge in [-0.15, -0.1) is 0 Å². The van der Waals surface area contributed by atoms with E-state index in [4.69, 9.17) is 9.47 Å². The molecular formula is C19H29NO3. The predicted octanol–water partition coefficient (Wildman–Crippen LogP) is 2.53. The lowest BCUT2D eigenvalue weighted by atomic mass is 9.55. The average Bonchev–Trinajstić information content (AvgIpc) is 2.53. The topological polar surface area (TPSA) is 50.7 Å². The third-order valence-corrected chi connectivity index (χ3v) is 5.34. The molecule has 0 bridgehead atoms. The average molecular weight is 319 g/mol. The van der Waals surface area contributed by atoms with Gasteiger partial charge in [-0.1, -0.05) is 26.0 Å². The zero-order valence-electron chi connectivity index (χ0n) is 14.4. The van der Waals surface area contributed by atoms with Crippen LogP contribution in [0.2, 0.25) is 0 Å². The van der Waals surface area contributed by atoms with Crippen molar-refractivity contribution in [3.63, 3.8) is 0 Å². The van der Waals surface area contributed by atoms with Crippen LogP contribution in [-0.2, 0) is 4.74 Å². The number of benzene rings is 1. The van der Waals surface area contributed by atoms with Gasteiger partial charge in [-0.2, -0.15) is 0 Å². The van der Waals surface area contributed by atoms with Crippen LogP contribution >= 0.6 is 0 Å². The lowest BCUT2D eigenvalue weighted by molar-refractivity contribution is -0.193. The van der Waals surface area contributed by atoms with Crippen LogP contribution in [0.4, 0.5) is 0 Å². The molecule has 4 nitrogen and oxygen atoms in total. The van der Waals surface area contributed by atoms with Crippen LogP contribution in [0.1, 0.15) is 32.3 Å². The van der Waals surface area contributed by atoms with E-state index in [1.165, 1.54) is 6.42 Å². The van der Waals surface area contributed by atoms with Crippen LogP contribution in [0.15, 0.2) is 24.3 Å². The Morgan fingerprint density at radius 1 is 1.43 bits per heavy atom. The molecular weight excluding hydrogens is 290 g/mol. The first-order valence-corrected chi connectivity index (χ1v) is 8.71. The minimum absolute atomic E-state index is 0.141. The quantitative estimate of drug-likeness (QED) is 0.846. The number of hydrogen-bond acceptors (Lipinski definition) is 4. The number of hydrogen-bond donors (Lipinski definition) is 2. The number of ether oxygens (including phenoxy) is 2. The zero-order chi connectivity index (χ0) is 16.4. The summed E-state index contributed by atoms with van der Waals surface area (Å²) in [4.78, 5) is 0. The summed E-state index contributed by atoms with van der Waals surface area (Å²) in [5.74, 6) is 1.40. The third kappa shape index (κ3) is 3.54. The molecule has 1 aromatic rings. The summed E-state index contributed by atoms with van der Waals surface area (Å²) >= 11 is 0. The Kier molecular flexibility index (Phi) is 4.95. The van der Waals surface area contributed by atoms with Gasteiger partial charge in [0.2, 0.25) is 0 Å². The van der Waals surface area contributed by atoms with Crippen molar-refractivity contribution >= 4 is 0 Å². The van der Waals surface area contributed by atoms with Crippen molar-refractivity contribution in [1.29, 1.82) is 0 Å². The maximum atomic E-state index is 10.2. The normalized spacial score (nSPS) is 30.2. The Morgan fingerprint density at radius 3 is 3.04 bits per heavy atom. The van der Waals surface area contributed by atoms with Gasteiger partial charge in [-0.3, -0.25) is 0 Å². The molecule has 0 radical (unpaired) electrons. The molecule has 0 unspecified atom stereocenters. The summed E-state index contributed by atoms with van der Waals surface area (Å²) in [5, 5.41) is 13.7. The lowest BCUT2D eigenvalue weighted by Gasteiger charge is -2.60. The summed E-state index contributed by atoms with van der Waals surface area (Å²) in [6.07, 6.45) is 2.24. The smallest absolute Gasteiger partial charge is 0.119 e. The first-order valence-electron chi connectivity index (χ1n) is 8.71. The molecule has 2 fully saturated rings. The van der Waals surface area contributed by atoms with E-state index >= 15 is 0 Å². The minimum Gasteiger partial charge on any atom is -0.491 e. The monoisotopic (exact) mass is 319 g/mol. The molecule has 2 aliphatic rings. The first-order chi connectivity index (χ1) is 11.0. The number of aliphatic hydroxyl groups excluding tert-OH is 1. The SMILES string of the molecule is Cc1cccc(OC[C@H](O)CN[C@@H]2[C@@H]3CCCO[C@H]3C2(C)C)c1. The molecule has 1 aliphatic carbocycles. The van der Waals surface area contributed by atoms with Crippen LogP contribution in [0.25, 0.3) is 0 Å². The molecule has 0 amide bonds. The fourth-order valence-corrected chi connectivity index (χ4v) is 4.16. The highest BCUT2D eigenvalue weighted by Gasteiger charge is 2.57. The van der Waals surface area contributed by atoms with Crippen molar-refractivity contribution in [2.75, 3.05) is 19.8 Å². The molecule has 3 rings (SSSR count). The van der Waals surface area contributed by atoms with Gasteiger partial charge in [0, 0.05) is 30.5 Å². The number of aryl methyl sites for hydroxylation is 1. The van der Waals surface area contributed by atoms with E-state index in [-0.39, 0.29) is 5.41 Å². The predicted molar refractivity (Wildman–Crippen MR) is 90.7 cm³/mol. The molecule has 1 aromatic carbocycles. The molecule has 0 spiro atoms. The van der Waals surface area contributed by atoms with E-state index in [9.17, 15) is 5.11 Å². The van der Waals surface area contributed by atoms with Crippen molar-refractivity contribution in [1.82, 2.24) is 5.32 Å². The second-order valence-corrected chi connectivity index (χ2v) is 7.59. The Balaban J connectivity index is 1.44. The Morgan fingerprint density at radius 2 is 2.26 bits per heavy atom. The Bertz CT molecular complexity index is 531. The van der Waals surface area contributed by atoms with Crippen molar-refractivity contribution in [3.05, 3.63) is 29.8 Å². The molecule has 23 heavy (non-hydrogen) atoms. The van der Waals surface area contributed by atoms with E-state index < -0.39 is 6.10 Å². The first kappa shape index (κ1) is 16.7. The number of nitrogens with one attached hydrogen (secondary N) is 1. The van der Waals surface area contributed by atoms with Gasteiger partial charge >= 0.3 is 0 Å². The van der Waals surface area contributed by atoms with Crippen LogP contribution in [0, 0.1) is 18.3 Å². The van der Waals surface area contributed by atoms with Gasteiger partial charge in [0.15, 0.2) is 0 Å². The summed E-state index contributed by atoms with van der Waals surface area (Å²) in [6.45, 7) is 8.31. The molecule has 0 aromatic heterocycles. The number of rotatable bonds is 6. The standard InChI is InChI=1S/C19H29NO3/c1-13-6-4-7-15(10-13)23-12-14(21)11-20-17-16-8-5-9-22-18(16)19(17,2)3/h4,6-7,10,14,16-18,20-21H,5,8-9,11-12H2,1-3H3/t14-,16+,17-,18-/m1/s1. The second-order valence-electron chi connectivity index (χ2n) is 7.59. The maximum absolute atomic E-state index is 10.2. The lowest BCUT2D eigenvalue weighted by Crippen LogP contribution is -2.69. The van der Waals surface area contributed by atoms with Crippen LogP contribution in [0.5, 0.6) is 5.75 Å². The van der Waals surface area contributed by atoms with E-state index in [0.717, 1.165) is 24.3 Å². The van der Waals surface area contributed by atoms with E-state index in [1.807, 2.05) is 31.2 Å². The zero-order valence-corrected chi connectivity index (χ0v) is 14.4. The molecule has 1 heterocycles. The molecule has 4 heteroatoms. The van der Waals surface area contributed by atoms with E-state index in [1.54, 1.807) is 0 Å².